The Balaban J connectivity index is 1.52. The molecule has 2 aromatic rings. The molecule has 132 valence electrons. The Morgan fingerprint density at radius 1 is 1.19 bits per heavy atom. The number of hydrogen-bond donors (Lipinski definition) is 1. The third-order valence-electron chi connectivity index (χ3n) is 3.37. The second kappa shape index (κ2) is 8.26. The Kier molecular flexibility index (Phi) is 5.59. The number of rotatable bonds is 6. The fourth-order valence-corrected chi connectivity index (χ4v) is 2.69. The summed E-state index contributed by atoms with van der Waals surface area (Å²) >= 11 is 1.31. The zero-order chi connectivity index (χ0) is 18.4. The molecule has 0 radical (unpaired) electrons. The maximum Gasteiger partial charge on any atom is 0.269 e. The molecule has 1 aliphatic heterocycles. The first-order valence-corrected chi connectivity index (χ1v) is 8.58. The lowest BCUT2D eigenvalue weighted by Crippen LogP contribution is -2.19. The van der Waals surface area contributed by atoms with Gasteiger partial charge in [0.25, 0.3) is 5.69 Å². The molecule has 1 N–H and O–H groups in total. The van der Waals surface area contributed by atoms with Crippen molar-refractivity contribution in [1.29, 1.82) is 0 Å². The zero-order valence-corrected chi connectivity index (χ0v) is 14.3. The van der Waals surface area contributed by atoms with Gasteiger partial charge >= 0.3 is 0 Å². The Morgan fingerprint density at radius 3 is 2.54 bits per heavy atom. The number of carbonyl (C=O) groups excluding carboxylic acids is 1. The minimum absolute atomic E-state index is 0.0523. The summed E-state index contributed by atoms with van der Waals surface area (Å²) in [6, 6.07) is 13.5. The number of amides is 1. The molecule has 0 aliphatic carbocycles. The van der Waals surface area contributed by atoms with Crippen molar-refractivity contribution in [2.24, 2.45) is 10.2 Å². The van der Waals surface area contributed by atoms with Crippen LogP contribution >= 0.6 is 11.8 Å². The molecule has 0 unspecified atom stereocenters. The van der Waals surface area contributed by atoms with Gasteiger partial charge in [0.05, 0.1) is 16.9 Å². The highest BCUT2D eigenvalue weighted by molar-refractivity contribution is 8.15. The van der Waals surface area contributed by atoms with E-state index in [0.29, 0.717) is 23.3 Å². The Hall–Kier alpha value is -3.20. The van der Waals surface area contributed by atoms with Gasteiger partial charge in [-0.2, -0.15) is 5.10 Å². The van der Waals surface area contributed by atoms with Crippen LogP contribution in [0.2, 0.25) is 0 Å². The Labute approximate surface area is 153 Å². The predicted molar refractivity (Wildman–Crippen MR) is 99.5 cm³/mol. The van der Waals surface area contributed by atoms with Gasteiger partial charge in [0.1, 0.15) is 12.4 Å². The van der Waals surface area contributed by atoms with Crippen LogP contribution < -0.4 is 10.1 Å². The monoisotopic (exact) mass is 370 g/mol. The third kappa shape index (κ3) is 4.90. The number of amidine groups is 1. The molecular formula is C17H14N4O4S. The van der Waals surface area contributed by atoms with Gasteiger partial charge in [-0.25, -0.2) is 0 Å². The topological polar surface area (TPSA) is 106 Å². The number of ether oxygens (including phenoxy) is 1. The normalized spacial score (nSPS) is 15.4. The number of nitrogens with zero attached hydrogens (tertiary/aromatic N) is 3. The lowest BCUT2D eigenvalue weighted by molar-refractivity contribution is -0.384. The van der Waals surface area contributed by atoms with Crippen LogP contribution in [-0.2, 0) is 11.4 Å². The first kappa shape index (κ1) is 17.6. The van der Waals surface area contributed by atoms with Crippen molar-refractivity contribution in [2.45, 2.75) is 6.61 Å². The summed E-state index contributed by atoms with van der Waals surface area (Å²) in [7, 11) is 0. The van der Waals surface area contributed by atoms with Crippen molar-refractivity contribution < 1.29 is 14.5 Å². The number of carbonyl (C=O) groups is 1. The van der Waals surface area contributed by atoms with Crippen molar-refractivity contribution in [3.05, 3.63) is 69.8 Å². The van der Waals surface area contributed by atoms with E-state index < -0.39 is 4.92 Å². The highest BCUT2D eigenvalue weighted by Gasteiger charge is 2.15. The number of nitro benzene ring substituents is 1. The first-order valence-electron chi connectivity index (χ1n) is 7.60. The first-order chi connectivity index (χ1) is 12.6. The number of nitrogens with one attached hydrogen (secondary N) is 1. The maximum absolute atomic E-state index is 11.0. The van der Waals surface area contributed by atoms with Crippen molar-refractivity contribution in [2.75, 3.05) is 5.75 Å². The number of non-ortho nitro benzene ring substituents is 1. The van der Waals surface area contributed by atoms with Crippen molar-refractivity contribution in [1.82, 2.24) is 5.32 Å². The quantitative estimate of drug-likeness (QED) is 0.478. The molecule has 0 atom stereocenters. The summed E-state index contributed by atoms with van der Waals surface area (Å²) in [6.07, 6.45) is 1.58. The molecule has 1 heterocycles. The van der Waals surface area contributed by atoms with Gasteiger partial charge in [0, 0.05) is 12.1 Å². The minimum atomic E-state index is -0.435. The number of thioether (sulfide) groups is 1. The van der Waals surface area contributed by atoms with E-state index >= 15 is 0 Å². The zero-order valence-electron chi connectivity index (χ0n) is 13.5. The van der Waals surface area contributed by atoms with Crippen LogP contribution in [0.5, 0.6) is 5.75 Å². The molecule has 0 bridgehead atoms. The van der Waals surface area contributed by atoms with E-state index in [1.165, 1.54) is 23.9 Å². The molecule has 2 aromatic carbocycles. The van der Waals surface area contributed by atoms with Crippen molar-refractivity contribution >= 4 is 34.7 Å². The largest absolute Gasteiger partial charge is 0.489 e. The smallest absolute Gasteiger partial charge is 0.269 e. The van der Waals surface area contributed by atoms with Crippen LogP contribution in [0.15, 0.2) is 58.7 Å². The van der Waals surface area contributed by atoms with Crippen LogP contribution in [-0.4, -0.2) is 28.0 Å². The van der Waals surface area contributed by atoms with Crippen molar-refractivity contribution in [3.63, 3.8) is 0 Å². The Morgan fingerprint density at radius 2 is 1.92 bits per heavy atom. The predicted octanol–water partition coefficient (Wildman–Crippen LogP) is 2.73. The molecule has 9 heteroatoms. The summed E-state index contributed by atoms with van der Waals surface area (Å²) in [5.74, 6) is 0.971. The second-order valence-corrected chi connectivity index (χ2v) is 6.23. The van der Waals surface area contributed by atoms with E-state index in [1.54, 1.807) is 30.5 Å². The van der Waals surface area contributed by atoms with Gasteiger partial charge in [-0.05, 0) is 47.5 Å². The highest BCUT2D eigenvalue weighted by atomic mass is 32.2. The van der Waals surface area contributed by atoms with Crippen LogP contribution in [0.4, 0.5) is 5.69 Å². The molecule has 1 amide bonds. The van der Waals surface area contributed by atoms with Gasteiger partial charge in [-0.3, -0.25) is 14.9 Å². The summed E-state index contributed by atoms with van der Waals surface area (Å²) < 4.78 is 5.65. The standard InChI is InChI=1S/C17H14N4O4S/c22-16-11-26-17(19-16)20-18-9-12-3-7-15(8-4-12)25-10-13-1-5-14(6-2-13)21(23)24/h1-9H,10-11H2,(H,19,20,22). The van der Waals surface area contributed by atoms with Gasteiger partial charge in [-0.15, -0.1) is 5.10 Å². The summed E-state index contributed by atoms with van der Waals surface area (Å²) in [5.41, 5.74) is 1.73. The number of hydrogen-bond acceptors (Lipinski definition) is 7. The third-order valence-corrected chi connectivity index (χ3v) is 4.24. The summed E-state index contributed by atoms with van der Waals surface area (Å²) in [4.78, 5) is 21.2. The lowest BCUT2D eigenvalue weighted by atomic mass is 10.2. The highest BCUT2D eigenvalue weighted by Crippen LogP contribution is 2.16. The molecule has 26 heavy (non-hydrogen) atoms. The number of nitro groups is 1. The Bertz CT molecular complexity index is 863. The van der Waals surface area contributed by atoms with Crippen LogP contribution in [0.3, 0.4) is 0 Å². The van der Waals surface area contributed by atoms with Gasteiger partial charge in [0.2, 0.25) is 5.91 Å². The average molecular weight is 370 g/mol. The SMILES string of the molecule is O=C1CSC(=NN=Cc2ccc(OCc3ccc([N+](=O)[O-])cc3)cc2)N1. The van der Waals surface area contributed by atoms with E-state index in [2.05, 4.69) is 15.5 Å². The van der Waals surface area contributed by atoms with E-state index in [1.807, 2.05) is 12.1 Å². The van der Waals surface area contributed by atoms with Crippen LogP contribution in [0.1, 0.15) is 11.1 Å². The summed E-state index contributed by atoms with van der Waals surface area (Å²) in [5, 5.41) is 21.6. The van der Waals surface area contributed by atoms with E-state index in [-0.39, 0.29) is 11.6 Å². The van der Waals surface area contributed by atoms with E-state index in [0.717, 1.165) is 11.1 Å². The molecule has 8 nitrogen and oxygen atoms in total. The molecule has 1 fully saturated rings. The van der Waals surface area contributed by atoms with Crippen LogP contribution in [0.25, 0.3) is 0 Å². The van der Waals surface area contributed by atoms with Crippen molar-refractivity contribution in [3.8, 4) is 5.75 Å². The maximum atomic E-state index is 11.0. The molecule has 0 spiro atoms. The molecule has 1 saturated heterocycles. The molecule has 3 rings (SSSR count). The van der Waals surface area contributed by atoms with Crippen LogP contribution in [0, 0.1) is 10.1 Å². The fourth-order valence-electron chi connectivity index (χ4n) is 2.06. The van der Waals surface area contributed by atoms with Gasteiger partial charge in [0.15, 0.2) is 5.17 Å². The summed E-state index contributed by atoms with van der Waals surface area (Å²) in [6.45, 7) is 0.315. The average Bonchev–Trinajstić information content (AvgIpc) is 3.06. The second-order valence-electron chi connectivity index (χ2n) is 5.27. The number of benzene rings is 2. The van der Waals surface area contributed by atoms with E-state index in [9.17, 15) is 14.9 Å². The molecule has 0 saturated carbocycles. The molecular weight excluding hydrogens is 356 g/mol. The fraction of sp³-hybridized carbons (Fsp3) is 0.118. The minimum Gasteiger partial charge on any atom is -0.489 e. The van der Waals surface area contributed by atoms with E-state index in [4.69, 9.17) is 4.74 Å². The van der Waals surface area contributed by atoms with Gasteiger partial charge < -0.3 is 10.1 Å². The molecule has 1 aliphatic rings. The van der Waals surface area contributed by atoms with Gasteiger partial charge in [-0.1, -0.05) is 11.8 Å². The molecule has 0 aromatic heterocycles. The lowest BCUT2D eigenvalue weighted by Gasteiger charge is -2.06.